The number of hydrogen-bond acceptors (Lipinski definition) is 5. The Bertz CT molecular complexity index is 844. The first-order chi connectivity index (χ1) is 11.8. The number of phenolic OH excluding ortho intramolecular Hbond substituents is 1. The maximum absolute atomic E-state index is 12.3. The quantitative estimate of drug-likeness (QED) is 0.585. The molecule has 2 rings (SSSR count). The number of hydrogen-bond donors (Lipinski definition) is 2. The molecule has 25 heavy (non-hydrogen) atoms. The van der Waals surface area contributed by atoms with E-state index in [0.29, 0.717) is 11.5 Å². The third-order valence-corrected chi connectivity index (χ3v) is 4.74. The summed E-state index contributed by atoms with van der Waals surface area (Å²) in [4.78, 5) is 2.27. The van der Waals surface area contributed by atoms with E-state index in [9.17, 15) is 13.5 Å². The molecule has 7 heteroatoms. The summed E-state index contributed by atoms with van der Waals surface area (Å²) in [5, 5.41) is 13.7. The first-order valence-corrected chi connectivity index (χ1v) is 9.31. The lowest BCUT2D eigenvalue weighted by atomic mass is 10.0. The van der Waals surface area contributed by atoms with E-state index < -0.39 is 10.0 Å². The maximum atomic E-state index is 12.3. The summed E-state index contributed by atoms with van der Waals surface area (Å²) in [7, 11) is -2.33. The number of methoxy groups -OCH3 is 1. The monoisotopic (exact) mass is 362 g/mol. The van der Waals surface area contributed by atoms with Gasteiger partial charge in [-0.05, 0) is 42.2 Å². The summed E-state index contributed by atoms with van der Waals surface area (Å²) in [5.41, 5.74) is 1.42. The molecule has 0 aromatic heterocycles. The second-order valence-corrected chi connectivity index (χ2v) is 7.65. The lowest BCUT2D eigenvalue weighted by molar-refractivity contribution is 0.373. The fourth-order valence-electron chi connectivity index (χ4n) is 2.30. The number of ether oxygens (including phenoxy) is 1. The smallest absolute Gasteiger partial charge is 0.276 e. The topological polar surface area (TPSA) is 88.0 Å². The Hall–Kier alpha value is -2.54. The first kappa shape index (κ1) is 18.8. The summed E-state index contributed by atoms with van der Waals surface area (Å²) >= 11 is 0. The van der Waals surface area contributed by atoms with Gasteiger partial charge < -0.3 is 9.84 Å². The molecular weight excluding hydrogens is 340 g/mol. The standard InChI is InChI=1S/C18H22N2O4S/c1-13(2)11-14-7-9-16(10-8-14)25(22,23)20-19-12-15-5-4-6-17(24-3)18(15)21/h4-10,12-13,20-21H,11H2,1-3H3/b19-12+. The molecule has 2 aromatic rings. The van der Waals surface area contributed by atoms with Crippen molar-refractivity contribution in [1.29, 1.82) is 0 Å². The molecule has 6 nitrogen and oxygen atoms in total. The molecule has 2 aromatic carbocycles. The van der Waals surface area contributed by atoms with Crippen molar-refractivity contribution in [3.05, 3.63) is 53.6 Å². The molecule has 0 fully saturated rings. The van der Waals surface area contributed by atoms with Crippen LogP contribution in [0.5, 0.6) is 11.5 Å². The maximum Gasteiger partial charge on any atom is 0.276 e. The highest BCUT2D eigenvalue weighted by Gasteiger charge is 2.13. The molecule has 2 N–H and O–H groups in total. The largest absolute Gasteiger partial charge is 0.504 e. The van der Waals surface area contributed by atoms with Crippen molar-refractivity contribution < 1.29 is 18.3 Å². The van der Waals surface area contributed by atoms with Crippen molar-refractivity contribution in [3.63, 3.8) is 0 Å². The Morgan fingerprint density at radius 2 is 1.88 bits per heavy atom. The van der Waals surface area contributed by atoms with Crippen LogP contribution in [0.4, 0.5) is 0 Å². The Morgan fingerprint density at radius 3 is 2.48 bits per heavy atom. The molecule has 0 saturated heterocycles. The minimum Gasteiger partial charge on any atom is -0.504 e. The first-order valence-electron chi connectivity index (χ1n) is 7.83. The van der Waals surface area contributed by atoms with Crippen LogP contribution >= 0.6 is 0 Å². The highest BCUT2D eigenvalue weighted by molar-refractivity contribution is 7.89. The minimum atomic E-state index is -3.76. The lowest BCUT2D eigenvalue weighted by Crippen LogP contribution is -2.18. The van der Waals surface area contributed by atoms with Crippen LogP contribution < -0.4 is 9.57 Å². The normalized spacial score (nSPS) is 11.8. The molecule has 0 aliphatic heterocycles. The zero-order valence-electron chi connectivity index (χ0n) is 14.4. The number of phenols is 1. The third kappa shape index (κ3) is 4.96. The molecule has 0 unspecified atom stereocenters. The number of benzene rings is 2. The molecule has 0 amide bonds. The van der Waals surface area contributed by atoms with Gasteiger partial charge >= 0.3 is 0 Å². The van der Waals surface area contributed by atoms with Gasteiger partial charge in [-0.1, -0.05) is 32.0 Å². The van der Waals surface area contributed by atoms with Crippen LogP contribution in [-0.4, -0.2) is 26.8 Å². The van der Waals surface area contributed by atoms with Crippen molar-refractivity contribution in [1.82, 2.24) is 4.83 Å². The highest BCUT2D eigenvalue weighted by Crippen LogP contribution is 2.27. The van der Waals surface area contributed by atoms with Crippen LogP contribution in [0.1, 0.15) is 25.0 Å². The molecule has 0 radical (unpaired) electrons. The molecular formula is C18H22N2O4S. The molecule has 0 saturated carbocycles. The SMILES string of the molecule is COc1cccc(/C=N/NS(=O)(=O)c2ccc(CC(C)C)cc2)c1O. The number of aromatic hydroxyl groups is 1. The Labute approximate surface area is 148 Å². The van der Waals surface area contributed by atoms with E-state index in [4.69, 9.17) is 4.74 Å². The molecule has 0 atom stereocenters. The van der Waals surface area contributed by atoms with E-state index in [2.05, 4.69) is 23.8 Å². The summed E-state index contributed by atoms with van der Waals surface area (Å²) in [6.45, 7) is 4.21. The fourth-order valence-corrected chi connectivity index (χ4v) is 3.09. The van der Waals surface area contributed by atoms with E-state index in [1.54, 1.807) is 42.5 Å². The van der Waals surface area contributed by atoms with Gasteiger partial charge in [-0.15, -0.1) is 0 Å². The van der Waals surface area contributed by atoms with Gasteiger partial charge in [-0.3, -0.25) is 0 Å². The summed E-state index contributed by atoms with van der Waals surface area (Å²) < 4.78 is 29.5. The number of nitrogens with one attached hydrogen (secondary N) is 1. The molecule has 0 aliphatic rings. The van der Waals surface area contributed by atoms with Crippen LogP contribution in [0.15, 0.2) is 52.5 Å². The number of nitrogens with zero attached hydrogens (tertiary/aromatic N) is 1. The number of rotatable bonds is 7. The lowest BCUT2D eigenvalue weighted by Gasteiger charge is -2.07. The number of sulfonamides is 1. The predicted molar refractivity (Wildman–Crippen MR) is 97.6 cm³/mol. The number of para-hydroxylation sites is 1. The Kier molecular flexibility index (Phi) is 6.03. The van der Waals surface area contributed by atoms with Crippen LogP contribution in [0.2, 0.25) is 0 Å². The summed E-state index contributed by atoms with van der Waals surface area (Å²) in [6.07, 6.45) is 2.11. The summed E-state index contributed by atoms with van der Waals surface area (Å²) in [5.74, 6) is 0.680. The third-order valence-electron chi connectivity index (χ3n) is 3.50. The van der Waals surface area contributed by atoms with Crippen molar-refractivity contribution in [2.75, 3.05) is 7.11 Å². The molecule has 0 heterocycles. The Balaban J connectivity index is 2.11. The predicted octanol–water partition coefficient (Wildman–Crippen LogP) is 2.91. The average molecular weight is 362 g/mol. The zero-order chi connectivity index (χ0) is 18.4. The van der Waals surface area contributed by atoms with Crippen molar-refractivity contribution >= 4 is 16.2 Å². The van der Waals surface area contributed by atoms with Gasteiger partial charge in [-0.25, -0.2) is 4.83 Å². The van der Waals surface area contributed by atoms with Gasteiger partial charge in [0.25, 0.3) is 10.0 Å². The molecule has 0 aliphatic carbocycles. The van der Waals surface area contributed by atoms with Crippen LogP contribution in [-0.2, 0) is 16.4 Å². The molecule has 0 bridgehead atoms. The average Bonchev–Trinajstić information content (AvgIpc) is 2.56. The van der Waals surface area contributed by atoms with E-state index in [1.807, 2.05) is 0 Å². The molecule has 134 valence electrons. The van der Waals surface area contributed by atoms with Gasteiger partial charge in [0.2, 0.25) is 0 Å². The van der Waals surface area contributed by atoms with Crippen LogP contribution in [0.3, 0.4) is 0 Å². The van der Waals surface area contributed by atoms with Gasteiger partial charge in [-0.2, -0.15) is 13.5 Å². The van der Waals surface area contributed by atoms with Gasteiger partial charge in [0.1, 0.15) is 0 Å². The number of hydrazone groups is 1. The van der Waals surface area contributed by atoms with Crippen LogP contribution in [0.25, 0.3) is 0 Å². The molecule has 0 spiro atoms. The zero-order valence-corrected chi connectivity index (χ0v) is 15.2. The van der Waals surface area contributed by atoms with E-state index >= 15 is 0 Å². The van der Waals surface area contributed by atoms with E-state index in [-0.39, 0.29) is 16.4 Å². The fraction of sp³-hybridized carbons (Fsp3) is 0.278. The van der Waals surface area contributed by atoms with Gasteiger partial charge in [0.15, 0.2) is 11.5 Å². The van der Waals surface area contributed by atoms with Crippen molar-refractivity contribution in [2.24, 2.45) is 11.0 Å². The van der Waals surface area contributed by atoms with Crippen molar-refractivity contribution in [2.45, 2.75) is 25.2 Å². The van der Waals surface area contributed by atoms with Crippen molar-refractivity contribution in [3.8, 4) is 11.5 Å². The minimum absolute atomic E-state index is 0.106. The van der Waals surface area contributed by atoms with Gasteiger partial charge in [0.05, 0.1) is 18.2 Å². The van der Waals surface area contributed by atoms with Gasteiger partial charge in [0, 0.05) is 5.56 Å². The van der Waals surface area contributed by atoms with E-state index in [1.165, 1.54) is 13.3 Å². The summed E-state index contributed by atoms with van der Waals surface area (Å²) in [6, 6.07) is 11.6. The van der Waals surface area contributed by atoms with Crippen LogP contribution in [0, 0.1) is 5.92 Å². The second kappa shape index (κ2) is 8.02. The highest BCUT2D eigenvalue weighted by atomic mass is 32.2. The van der Waals surface area contributed by atoms with E-state index in [0.717, 1.165) is 12.0 Å². The second-order valence-electron chi connectivity index (χ2n) is 5.99. The Morgan fingerprint density at radius 1 is 1.20 bits per heavy atom.